The van der Waals surface area contributed by atoms with Gasteiger partial charge in [-0.05, 0) is 18.2 Å². The molecule has 0 radical (unpaired) electrons. The molecular formula is C13H18F3N3O2. The minimum atomic E-state index is -4.33. The maximum Gasteiger partial charge on any atom is 0.411 e. The molecule has 1 aromatic rings. The molecule has 21 heavy (non-hydrogen) atoms. The molecule has 0 fully saturated rings. The summed E-state index contributed by atoms with van der Waals surface area (Å²) in [5.41, 5.74) is 7.12. The number of ether oxygens (including phenoxy) is 1. The van der Waals surface area contributed by atoms with Crippen molar-refractivity contribution in [1.82, 2.24) is 4.90 Å². The van der Waals surface area contributed by atoms with Crippen LogP contribution in [0.3, 0.4) is 0 Å². The molecule has 0 bridgehead atoms. The van der Waals surface area contributed by atoms with Crippen molar-refractivity contribution in [3.8, 4) is 0 Å². The fourth-order valence-corrected chi connectivity index (χ4v) is 1.56. The Hall–Kier alpha value is -1.96. The fourth-order valence-electron chi connectivity index (χ4n) is 1.56. The zero-order valence-corrected chi connectivity index (χ0v) is 11.8. The Labute approximate surface area is 120 Å². The number of carbonyl (C=O) groups is 1. The number of alkyl halides is 3. The first-order valence-corrected chi connectivity index (χ1v) is 6.20. The molecule has 0 aliphatic carbocycles. The van der Waals surface area contributed by atoms with Gasteiger partial charge in [0.2, 0.25) is 0 Å². The second-order valence-corrected chi connectivity index (χ2v) is 4.60. The highest BCUT2D eigenvalue weighted by Gasteiger charge is 2.27. The van der Waals surface area contributed by atoms with Crippen LogP contribution in [-0.2, 0) is 4.74 Å². The summed E-state index contributed by atoms with van der Waals surface area (Å²) >= 11 is 0. The summed E-state index contributed by atoms with van der Waals surface area (Å²) < 4.78 is 40.0. The van der Waals surface area contributed by atoms with Gasteiger partial charge in [-0.15, -0.1) is 0 Å². The first-order chi connectivity index (χ1) is 9.70. The van der Waals surface area contributed by atoms with E-state index in [9.17, 15) is 18.0 Å². The smallest absolute Gasteiger partial charge is 0.397 e. The number of carbonyl (C=O) groups excluding carboxylic acids is 1. The van der Waals surface area contributed by atoms with Gasteiger partial charge in [0, 0.05) is 26.2 Å². The minimum absolute atomic E-state index is 0.0999. The largest absolute Gasteiger partial charge is 0.411 e. The lowest BCUT2D eigenvalue weighted by Crippen LogP contribution is -2.22. The van der Waals surface area contributed by atoms with Crippen LogP contribution >= 0.6 is 0 Å². The summed E-state index contributed by atoms with van der Waals surface area (Å²) in [4.78, 5) is 13.1. The molecule has 5 nitrogen and oxygen atoms in total. The summed E-state index contributed by atoms with van der Waals surface area (Å²) in [7, 11) is 3.26. The van der Waals surface area contributed by atoms with E-state index in [4.69, 9.17) is 5.73 Å². The molecule has 0 atom stereocenters. The van der Waals surface area contributed by atoms with E-state index in [0.29, 0.717) is 16.9 Å². The van der Waals surface area contributed by atoms with Gasteiger partial charge in [0.1, 0.15) is 6.61 Å². The van der Waals surface area contributed by atoms with Crippen LogP contribution in [0, 0.1) is 0 Å². The topological polar surface area (TPSA) is 67.6 Å². The first-order valence-electron chi connectivity index (χ1n) is 6.20. The molecule has 1 rings (SSSR count). The maximum absolute atomic E-state index is 11.9. The van der Waals surface area contributed by atoms with E-state index in [2.05, 4.69) is 10.1 Å². The Balaban J connectivity index is 2.48. The SMILES string of the molecule is CN(C)C(=O)c1ccc(NCCOCC(F)(F)F)c(N)c1. The van der Waals surface area contributed by atoms with Gasteiger partial charge in [0.25, 0.3) is 5.91 Å². The summed E-state index contributed by atoms with van der Waals surface area (Å²) in [6, 6.07) is 4.72. The Kier molecular flexibility index (Phi) is 5.83. The van der Waals surface area contributed by atoms with Gasteiger partial charge in [0.05, 0.1) is 18.0 Å². The first kappa shape index (κ1) is 17.1. The number of nitrogens with one attached hydrogen (secondary N) is 1. The molecule has 1 aromatic carbocycles. The van der Waals surface area contributed by atoms with Gasteiger partial charge in [-0.25, -0.2) is 0 Å². The lowest BCUT2D eigenvalue weighted by Gasteiger charge is -2.14. The Morgan fingerprint density at radius 1 is 1.38 bits per heavy atom. The van der Waals surface area contributed by atoms with E-state index in [1.165, 1.54) is 11.0 Å². The van der Waals surface area contributed by atoms with Crippen molar-refractivity contribution in [3.63, 3.8) is 0 Å². The molecule has 0 unspecified atom stereocenters. The molecule has 0 aliphatic heterocycles. The number of halogens is 3. The monoisotopic (exact) mass is 305 g/mol. The normalized spacial score (nSPS) is 11.3. The lowest BCUT2D eigenvalue weighted by atomic mass is 10.1. The average Bonchev–Trinajstić information content (AvgIpc) is 2.37. The molecular weight excluding hydrogens is 287 g/mol. The molecule has 0 aromatic heterocycles. The molecule has 0 saturated carbocycles. The third-order valence-corrected chi connectivity index (χ3v) is 2.53. The van der Waals surface area contributed by atoms with Crippen molar-refractivity contribution in [2.24, 2.45) is 0 Å². The number of rotatable bonds is 6. The van der Waals surface area contributed by atoms with Gasteiger partial charge >= 0.3 is 6.18 Å². The molecule has 0 heterocycles. The van der Waals surface area contributed by atoms with Crippen molar-refractivity contribution in [1.29, 1.82) is 0 Å². The molecule has 1 amide bonds. The minimum Gasteiger partial charge on any atom is -0.397 e. The van der Waals surface area contributed by atoms with Crippen molar-refractivity contribution in [3.05, 3.63) is 23.8 Å². The van der Waals surface area contributed by atoms with Crippen molar-refractivity contribution in [2.45, 2.75) is 6.18 Å². The predicted octanol–water partition coefficient (Wildman–Crippen LogP) is 1.96. The highest BCUT2D eigenvalue weighted by atomic mass is 19.4. The predicted molar refractivity (Wildman–Crippen MR) is 74.2 cm³/mol. The Bertz CT molecular complexity index is 490. The van der Waals surface area contributed by atoms with Gasteiger partial charge in [-0.2, -0.15) is 13.2 Å². The number of amides is 1. The standard InChI is InChI=1S/C13H18F3N3O2/c1-19(2)12(20)9-3-4-11(10(17)7-9)18-5-6-21-8-13(14,15)16/h3-4,7,18H,5-6,8,17H2,1-2H3. The van der Waals surface area contributed by atoms with E-state index < -0.39 is 12.8 Å². The van der Waals surface area contributed by atoms with Crippen LogP contribution in [0.4, 0.5) is 24.5 Å². The number of benzene rings is 1. The number of hydrogen-bond acceptors (Lipinski definition) is 4. The summed E-state index contributed by atoms with van der Waals surface area (Å²) in [6.45, 7) is -1.20. The van der Waals surface area contributed by atoms with Crippen LogP contribution in [0.25, 0.3) is 0 Å². The van der Waals surface area contributed by atoms with Crippen LogP contribution in [0.2, 0.25) is 0 Å². The van der Waals surface area contributed by atoms with E-state index in [0.717, 1.165) is 0 Å². The quantitative estimate of drug-likeness (QED) is 0.623. The highest BCUT2D eigenvalue weighted by Crippen LogP contribution is 2.20. The Morgan fingerprint density at radius 2 is 2.05 bits per heavy atom. The maximum atomic E-state index is 11.9. The summed E-state index contributed by atoms with van der Waals surface area (Å²) in [5.74, 6) is -0.179. The van der Waals surface area contributed by atoms with Crippen molar-refractivity contribution < 1.29 is 22.7 Å². The van der Waals surface area contributed by atoms with Crippen LogP contribution < -0.4 is 11.1 Å². The van der Waals surface area contributed by atoms with Crippen molar-refractivity contribution in [2.75, 3.05) is 44.9 Å². The Morgan fingerprint density at radius 3 is 2.57 bits per heavy atom. The van der Waals surface area contributed by atoms with E-state index in [-0.39, 0.29) is 19.1 Å². The molecule has 3 N–H and O–H groups in total. The van der Waals surface area contributed by atoms with Crippen LogP contribution in [0.1, 0.15) is 10.4 Å². The molecule has 0 saturated heterocycles. The fraction of sp³-hybridized carbons (Fsp3) is 0.462. The number of nitrogen functional groups attached to an aromatic ring is 1. The lowest BCUT2D eigenvalue weighted by molar-refractivity contribution is -0.172. The van der Waals surface area contributed by atoms with E-state index in [1.807, 2.05) is 0 Å². The molecule has 0 spiro atoms. The van der Waals surface area contributed by atoms with E-state index >= 15 is 0 Å². The van der Waals surface area contributed by atoms with Gasteiger partial charge < -0.3 is 20.7 Å². The zero-order valence-electron chi connectivity index (χ0n) is 11.8. The highest BCUT2D eigenvalue weighted by molar-refractivity contribution is 5.95. The average molecular weight is 305 g/mol. The number of nitrogens with zero attached hydrogens (tertiary/aromatic N) is 1. The van der Waals surface area contributed by atoms with Crippen molar-refractivity contribution >= 4 is 17.3 Å². The number of nitrogens with two attached hydrogens (primary N) is 1. The molecule has 8 heteroatoms. The van der Waals surface area contributed by atoms with Gasteiger partial charge in [0.15, 0.2) is 0 Å². The number of hydrogen-bond donors (Lipinski definition) is 2. The van der Waals surface area contributed by atoms with Crippen LogP contribution in [0.15, 0.2) is 18.2 Å². The second kappa shape index (κ2) is 7.16. The third-order valence-electron chi connectivity index (χ3n) is 2.53. The molecule has 118 valence electrons. The van der Waals surface area contributed by atoms with E-state index in [1.54, 1.807) is 26.2 Å². The summed E-state index contributed by atoms with van der Waals surface area (Å²) in [5, 5.41) is 2.85. The number of anilines is 2. The van der Waals surface area contributed by atoms with Crippen LogP contribution in [-0.4, -0.2) is 50.8 Å². The zero-order chi connectivity index (χ0) is 16.0. The molecule has 0 aliphatic rings. The van der Waals surface area contributed by atoms with Gasteiger partial charge in [-0.1, -0.05) is 0 Å². The third kappa shape index (κ3) is 5.90. The van der Waals surface area contributed by atoms with Gasteiger partial charge in [-0.3, -0.25) is 4.79 Å². The summed E-state index contributed by atoms with van der Waals surface area (Å²) in [6.07, 6.45) is -4.33. The second-order valence-electron chi connectivity index (χ2n) is 4.60. The van der Waals surface area contributed by atoms with Crippen LogP contribution in [0.5, 0.6) is 0 Å².